The quantitative estimate of drug-likeness (QED) is 0.231. The third-order valence-corrected chi connectivity index (χ3v) is 7.11. The number of aryl methyl sites for hydroxylation is 2. The summed E-state index contributed by atoms with van der Waals surface area (Å²) < 4.78 is 6.45. The predicted octanol–water partition coefficient (Wildman–Crippen LogP) is 6.56. The van der Waals surface area contributed by atoms with E-state index in [9.17, 15) is 4.79 Å². The molecule has 0 radical (unpaired) electrons. The first-order chi connectivity index (χ1) is 17.9. The Balaban J connectivity index is 1.61. The number of pyridine rings is 1. The molecule has 1 aliphatic rings. The highest BCUT2D eigenvalue weighted by Crippen LogP contribution is 2.38. The van der Waals surface area contributed by atoms with Crippen LogP contribution in [0.3, 0.4) is 0 Å². The van der Waals surface area contributed by atoms with Gasteiger partial charge in [-0.25, -0.2) is 9.97 Å². The third-order valence-electron chi connectivity index (χ3n) is 6.59. The van der Waals surface area contributed by atoms with Crippen molar-refractivity contribution in [3.05, 3.63) is 74.4 Å². The summed E-state index contributed by atoms with van der Waals surface area (Å²) in [6, 6.07) is 11.7. The van der Waals surface area contributed by atoms with E-state index in [0.717, 1.165) is 41.5 Å². The smallest absolute Gasteiger partial charge is 0.260 e. The number of benzene rings is 2. The van der Waals surface area contributed by atoms with Crippen molar-refractivity contribution in [2.24, 2.45) is 0 Å². The Labute approximate surface area is 225 Å². The molecular formula is C28H29Cl2N5O2. The maximum Gasteiger partial charge on any atom is 0.260 e. The van der Waals surface area contributed by atoms with Gasteiger partial charge in [0.1, 0.15) is 23.0 Å². The van der Waals surface area contributed by atoms with Crippen LogP contribution in [0.1, 0.15) is 36.8 Å². The van der Waals surface area contributed by atoms with E-state index in [-0.39, 0.29) is 5.56 Å². The van der Waals surface area contributed by atoms with Crippen LogP contribution in [0.15, 0.2) is 47.5 Å². The van der Waals surface area contributed by atoms with Crippen LogP contribution in [0, 0.1) is 13.8 Å². The average Bonchev–Trinajstić information content (AvgIpc) is 2.85. The van der Waals surface area contributed by atoms with E-state index in [2.05, 4.69) is 31.7 Å². The lowest BCUT2D eigenvalue weighted by Crippen LogP contribution is -2.35. The van der Waals surface area contributed by atoms with Crippen molar-refractivity contribution in [3.63, 3.8) is 0 Å². The molecular weight excluding hydrogens is 509 g/mol. The molecule has 4 aromatic rings. The van der Waals surface area contributed by atoms with Crippen LogP contribution in [0.2, 0.25) is 10.2 Å². The molecule has 1 aliphatic heterocycles. The Bertz CT molecular complexity index is 1480. The number of nitrogens with one attached hydrogen (secondary N) is 3. The van der Waals surface area contributed by atoms with Crippen LogP contribution in [0.25, 0.3) is 22.0 Å². The molecule has 0 saturated carbocycles. The lowest BCUT2D eigenvalue weighted by Gasteiger charge is -2.24. The number of anilines is 2. The number of rotatable bonds is 7. The molecule has 7 nitrogen and oxygen atoms in total. The Morgan fingerprint density at radius 3 is 2.59 bits per heavy atom. The SMILES string of the molecule is Cc1cc(C)cc(-c2c(OCC[C@@H]3CCCCN3)c3cc(Nc4cc(Cl)ncn4)c(Cl)cc3[nH]c2=O)c1. The van der Waals surface area contributed by atoms with Crippen LogP contribution in [0.5, 0.6) is 5.75 Å². The zero-order valence-electron chi connectivity index (χ0n) is 20.8. The van der Waals surface area contributed by atoms with Gasteiger partial charge in [-0.3, -0.25) is 4.79 Å². The first-order valence-electron chi connectivity index (χ1n) is 12.5. The van der Waals surface area contributed by atoms with Crippen molar-refractivity contribution >= 4 is 45.6 Å². The Morgan fingerprint density at radius 1 is 1.05 bits per heavy atom. The molecule has 9 heteroatoms. The van der Waals surface area contributed by atoms with Crippen molar-refractivity contribution in [2.45, 2.75) is 45.6 Å². The molecule has 0 bridgehead atoms. The Morgan fingerprint density at radius 2 is 1.86 bits per heavy atom. The summed E-state index contributed by atoms with van der Waals surface area (Å²) in [5.74, 6) is 1.05. The second kappa shape index (κ2) is 11.1. The fourth-order valence-corrected chi connectivity index (χ4v) is 5.29. The maximum absolute atomic E-state index is 13.4. The molecule has 2 aromatic heterocycles. The first-order valence-corrected chi connectivity index (χ1v) is 13.2. The molecule has 1 fully saturated rings. The number of halogens is 2. The van der Waals surface area contributed by atoms with E-state index in [1.165, 1.54) is 19.2 Å². The molecule has 1 saturated heterocycles. The number of ether oxygens (including phenoxy) is 1. The number of aromatic nitrogens is 3. The average molecular weight is 538 g/mol. The summed E-state index contributed by atoms with van der Waals surface area (Å²) in [5, 5.41) is 8.26. The number of fused-ring (bicyclic) bond motifs is 1. The second-order valence-corrected chi connectivity index (χ2v) is 10.3. The van der Waals surface area contributed by atoms with Crippen molar-refractivity contribution in [1.82, 2.24) is 20.3 Å². The third kappa shape index (κ3) is 5.90. The van der Waals surface area contributed by atoms with E-state index in [1.54, 1.807) is 12.1 Å². The maximum atomic E-state index is 13.4. The number of piperidine rings is 1. The second-order valence-electron chi connectivity index (χ2n) is 9.55. The zero-order valence-corrected chi connectivity index (χ0v) is 22.3. The van der Waals surface area contributed by atoms with Gasteiger partial charge in [0.2, 0.25) is 0 Å². The summed E-state index contributed by atoms with van der Waals surface area (Å²) in [4.78, 5) is 24.6. The summed E-state index contributed by atoms with van der Waals surface area (Å²) >= 11 is 12.6. The van der Waals surface area contributed by atoms with E-state index in [4.69, 9.17) is 27.9 Å². The molecule has 192 valence electrons. The van der Waals surface area contributed by atoms with E-state index < -0.39 is 0 Å². The zero-order chi connectivity index (χ0) is 25.9. The van der Waals surface area contributed by atoms with E-state index in [0.29, 0.717) is 51.2 Å². The normalized spacial score (nSPS) is 15.6. The van der Waals surface area contributed by atoms with Crippen LogP contribution >= 0.6 is 23.2 Å². The monoisotopic (exact) mass is 537 g/mol. The molecule has 0 spiro atoms. The van der Waals surface area contributed by atoms with Gasteiger partial charge in [0, 0.05) is 17.5 Å². The molecule has 1 atom stereocenters. The molecule has 3 N–H and O–H groups in total. The van der Waals surface area contributed by atoms with E-state index >= 15 is 0 Å². The highest BCUT2D eigenvalue weighted by Gasteiger charge is 2.20. The fourth-order valence-electron chi connectivity index (χ4n) is 4.93. The molecule has 0 amide bonds. The minimum absolute atomic E-state index is 0.220. The van der Waals surface area contributed by atoms with Crippen molar-refractivity contribution < 1.29 is 4.74 Å². The highest BCUT2D eigenvalue weighted by atomic mass is 35.5. The molecule has 0 aliphatic carbocycles. The largest absolute Gasteiger partial charge is 0.492 e. The van der Waals surface area contributed by atoms with Gasteiger partial charge in [-0.1, -0.05) is 58.9 Å². The summed E-state index contributed by atoms with van der Waals surface area (Å²) in [6.45, 7) is 5.57. The molecule has 3 heterocycles. The van der Waals surface area contributed by atoms with Crippen LogP contribution in [0.4, 0.5) is 11.5 Å². The van der Waals surface area contributed by atoms with Gasteiger partial charge < -0.3 is 20.4 Å². The van der Waals surface area contributed by atoms with Gasteiger partial charge in [0.25, 0.3) is 5.56 Å². The standard InChI is InChI=1S/C28H29Cl2N5O2/c1-16-9-17(2)11-18(10-16)26-27(37-8-6-19-5-3-4-7-31-19)20-12-23(21(29)13-22(20)35-28(26)36)34-25-14-24(30)32-15-33-25/h9-15,19,31H,3-8H2,1-2H3,(H,35,36)(H,32,33,34)/t19-/m0/s1. The van der Waals surface area contributed by atoms with Gasteiger partial charge in [-0.15, -0.1) is 0 Å². The summed E-state index contributed by atoms with van der Waals surface area (Å²) in [5.41, 5.74) is 4.47. The lowest BCUT2D eigenvalue weighted by molar-refractivity contribution is 0.271. The Hall–Kier alpha value is -3.13. The minimum atomic E-state index is -0.220. The van der Waals surface area contributed by atoms with Gasteiger partial charge in [-0.2, -0.15) is 0 Å². The Kier molecular flexibility index (Phi) is 7.65. The van der Waals surface area contributed by atoms with Gasteiger partial charge >= 0.3 is 0 Å². The molecule has 37 heavy (non-hydrogen) atoms. The minimum Gasteiger partial charge on any atom is -0.492 e. The summed E-state index contributed by atoms with van der Waals surface area (Å²) in [6.07, 6.45) is 5.80. The fraction of sp³-hybridized carbons (Fsp3) is 0.321. The highest BCUT2D eigenvalue weighted by molar-refractivity contribution is 6.34. The number of aromatic amines is 1. The number of hydrogen-bond acceptors (Lipinski definition) is 6. The van der Waals surface area contributed by atoms with Gasteiger partial charge in [0.05, 0.1) is 28.4 Å². The topological polar surface area (TPSA) is 91.9 Å². The van der Waals surface area contributed by atoms with Crippen molar-refractivity contribution in [1.29, 1.82) is 0 Å². The lowest BCUT2D eigenvalue weighted by atomic mass is 9.99. The van der Waals surface area contributed by atoms with Gasteiger partial charge in [0.15, 0.2) is 0 Å². The van der Waals surface area contributed by atoms with Crippen molar-refractivity contribution in [3.8, 4) is 16.9 Å². The summed E-state index contributed by atoms with van der Waals surface area (Å²) in [7, 11) is 0. The molecule has 2 aromatic carbocycles. The van der Waals surface area contributed by atoms with Gasteiger partial charge in [-0.05, 0) is 57.4 Å². The molecule has 5 rings (SSSR count). The number of nitrogens with zero attached hydrogens (tertiary/aromatic N) is 2. The molecule has 0 unspecified atom stereocenters. The van der Waals surface area contributed by atoms with Crippen molar-refractivity contribution in [2.75, 3.05) is 18.5 Å². The predicted molar refractivity (Wildman–Crippen MR) is 151 cm³/mol. The van der Waals surface area contributed by atoms with Crippen LogP contribution in [-0.4, -0.2) is 34.1 Å². The number of hydrogen-bond donors (Lipinski definition) is 3. The van der Waals surface area contributed by atoms with E-state index in [1.807, 2.05) is 32.0 Å². The van der Waals surface area contributed by atoms with Crippen LogP contribution < -0.4 is 20.9 Å². The number of H-pyrrole nitrogens is 1. The van der Waals surface area contributed by atoms with Crippen LogP contribution in [-0.2, 0) is 0 Å². The first kappa shape index (κ1) is 25.5.